The van der Waals surface area contributed by atoms with Gasteiger partial charge in [0, 0.05) is 24.6 Å². The molecule has 3 rings (SSSR count). The van der Waals surface area contributed by atoms with E-state index in [0.29, 0.717) is 25.6 Å². The van der Waals surface area contributed by atoms with Crippen molar-refractivity contribution in [2.24, 2.45) is 5.92 Å². The lowest BCUT2D eigenvalue weighted by molar-refractivity contribution is -0.169. The van der Waals surface area contributed by atoms with E-state index in [1.807, 2.05) is 23.1 Å². The minimum absolute atomic E-state index is 0.0241. The van der Waals surface area contributed by atoms with Crippen LogP contribution in [-0.2, 0) is 4.74 Å². The Morgan fingerprint density at radius 2 is 1.85 bits per heavy atom. The first kappa shape index (κ1) is 20.2. The predicted octanol–water partition coefficient (Wildman–Crippen LogP) is 2.37. The van der Waals surface area contributed by atoms with Gasteiger partial charge in [-0.05, 0) is 39.7 Å². The smallest absolute Gasteiger partial charge is 0.126 e. The highest BCUT2D eigenvalue weighted by molar-refractivity contribution is 5.39. The average Bonchev–Trinajstić information content (AvgIpc) is 2.61. The number of nitrogens with zero attached hydrogens (tertiary/aromatic N) is 1. The number of fused-ring (bicyclic) bond motifs is 3. The molecule has 0 bridgehead atoms. The maximum Gasteiger partial charge on any atom is 0.126 e. The fourth-order valence-electron chi connectivity index (χ4n) is 4.15. The van der Waals surface area contributed by atoms with Crippen molar-refractivity contribution in [1.29, 1.82) is 0 Å². The Morgan fingerprint density at radius 1 is 1.15 bits per heavy atom. The van der Waals surface area contributed by atoms with E-state index in [1.165, 1.54) is 0 Å². The van der Waals surface area contributed by atoms with E-state index in [4.69, 9.17) is 19.7 Å². The van der Waals surface area contributed by atoms with Crippen LogP contribution in [0.15, 0.2) is 24.3 Å². The molecule has 5 heteroatoms. The molecule has 27 heavy (non-hydrogen) atoms. The van der Waals surface area contributed by atoms with Gasteiger partial charge in [-0.2, -0.15) is 0 Å². The van der Waals surface area contributed by atoms with Gasteiger partial charge in [0.25, 0.3) is 0 Å². The first-order valence-electron chi connectivity index (χ1n) is 9.78. The topological polar surface area (TPSA) is 62.2 Å². The van der Waals surface area contributed by atoms with Gasteiger partial charge in [0.15, 0.2) is 0 Å². The summed E-state index contributed by atoms with van der Waals surface area (Å²) < 4.78 is 12.8. The molecule has 1 fully saturated rings. The Morgan fingerprint density at radius 3 is 2.56 bits per heavy atom. The van der Waals surface area contributed by atoms with Crippen molar-refractivity contribution in [1.82, 2.24) is 4.90 Å². The second-order valence-corrected chi connectivity index (χ2v) is 8.18. The average molecular weight is 373 g/mol. The molecule has 3 atom stereocenters. The predicted molar refractivity (Wildman–Crippen MR) is 104 cm³/mol. The van der Waals surface area contributed by atoms with E-state index < -0.39 is 5.60 Å². The van der Waals surface area contributed by atoms with Gasteiger partial charge >= 0.3 is 0 Å². The molecule has 2 heterocycles. The number of ether oxygens (including phenoxy) is 2. The highest BCUT2D eigenvalue weighted by Crippen LogP contribution is 2.52. The summed E-state index contributed by atoms with van der Waals surface area (Å²) in [6.45, 7) is 7.99. The van der Waals surface area contributed by atoms with Gasteiger partial charge in [0.2, 0.25) is 0 Å². The highest BCUT2D eigenvalue weighted by Gasteiger charge is 2.49. The van der Waals surface area contributed by atoms with Crippen molar-refractivity contribution in [3.05, 3.63) is 29.8 Å². The van der Waals surface area contributed by atoms with Gasteiger partial charge in [-0.3, -0.25) is 4.90 Å². The van der Waals surface area contributed by atoms with Crippen molar-refractivity contribution in [3.63, 3.8) is 0 Å². The van der Waals surface area contributed by atoms with Crippen molar-refractivity contribution in [3.8, 4) is 17.6 Å². The zero-order valence-electron chi connectivity index (χ0n) is 16.6. The number of para-hydroxylation sites is 1. The summed E-state index contributed by atoms with van der Waals surface area (Å²) in [7, 11) is 0. The standard InChI is InChI=1S/C22H31NO4/c1-21(2)18-9-11-22(3,10-6-12-23(13-15-24)14-16-25)27-20(18)17-7-4-5-8-19(17)26-21/h4-5,7-8,18,20,24-25H,9,11-16H2,1-3H3/t18-,20-,22-/m1/s1. The Bertz CT molecular complexity index is 702. The van der Waals surface area contributed by atoms with E-state index in [1.54, 1.807) is 0 Å². The summed E-state index contributed by atoms with van der Waals surface area (Å²) in [5.74, 6) is 7.72. The molecule has 0 aromatic heterocycles. The summed E-state index contributed by atoms with van der Waals surface area (Å²) in [5, 5.41) is 18.3. The van der Waals surface area contributed by atoms with Gasteiger partial charge in [0.1, 0.15) is 17.0 Å². The van der Waals surface area contributed by atoms with Gasteiger partial charge < -0.3 is 19.7 Å². The Kier molecular flexibility index (Phi) is 6.12. The molecule has 2 aliphatic heterocycles. The second kappa shape index (κ2) is 8.20. The largest absolute Gasteiger partial charge is 0.487 e. The Labute approximate surface area is 162 Å². The molecule has 1 aromatic carbocycles. The minimum Gasteiger partial charge on any atom is -0.487 e. The third-order valence-electron chi connectivity index (χ3n) is 5.66. The van der Waals surface area contributed by atoms with Crippen LogP contribution in [0.5, 0.6) is 5.75 Å². The maximum absolute atomic E-state index is 9.13. The van der Waals surface area contributed by atoms with Crippen LogP contribution in [0.1, 0.15) is 45.3 Å². The SMILES string of the molecule is CC1(C)Oc2ccccc2[C@H]2O[C@](C)(C#CCN(CCO)CCO)CC[C@H]21. The van der Waals surface area contributed by atoms with Crippen LogP contribution in [0.4, 0.5) is 0 Å². The number of hydrogen-bond donors (Lipinski definition) is 2. The lowest BCUT2D eigenvalue weighted by atomic mass is 9.73. The van der Waals surface area contributed by atoms with Crippen LogP contribution in [0.25, 0.3) is 0 Å². The van der Waals surface area contributed by atoms with E-state index in [9.17, 15) is 0 Å². The number of aliphatic hydroxyl groups excluding tert-OH is 2. The summed E-state index contributed by atoms with van der Waals surface area (Å²) in [6, 6.07) is 8.12. The third kappa shape index (κ3) is 4.47. The number of hydrogen-bond acceptors (Lipinski definition) is 5. The molecule has 0 aliphatic carbocycles. The Balaban J connectivity index is 1.77. The molecule has 0 unspecified atom stereocenters. The van der Waals surface area contributed by atoms with Crippen LogP contribution in [-0.4, -0.2) is 59.2 Å². The molecule has 0 saturated carbocycles. The van der Waals surface area contributed by atoms with Crippen LogP contribution >= 0.6 is 0 Å². The van der Waals surface area contributed by atoms with Gasteiger partial charge in [0.05, 0.1) is 25.9 Å². The molecule has 1 saturated heterocycles. The molecule has 0 amide bonds. The van der Waals surface area contributed by atoms with Crippen molar-refractivity contribution >= 4 is 0 Å². The third-order valence-corrected chi connectivity index (χ3v) is 5.66. The fraction of sp³-hybridized carbons (Fsp3) is 0.636. The molecule has 5 nitrogen and oxygen atoms in total. The molecule has 0 spiro atoms. The van der Waals surface area contributed by atoms with Crippen molar-refractivity contribution in [2.45, 2.75) is 50.9 Å². The van der Waals surface area contributed by atoms with Crippen LogP contribution in [0.3, 0.4) is 0 Å². The molecule has 2 N–H and O–H groups in total. The quantitative estimate of drug-likeness (QED) is 0.776. The highest BCUT2D eigenvalue weighted by atomic mass is 16.5. The molecular weight excluding hydrogens is 342 g/mol. The minimum atomic E-state index is -0.508. The molecule has 0 radical (unpaired) electrons. The second-order valence-electron chi connectivity index (χ2n) is 8.18. The number of benzene rings is 1. The van der Waals surface area contributed by atoms with Crippen molar-refractivity contribution < 1.29 is 19.7 Å². The Hall–Kier alpha value is -1.58. The molecule has 1 aromatic rings. The normalized spacial score (nSPS) is 28.5. The zero-order chi connectivity index (χ0) is 19.5. The summed E-state index contributed by atoms with van der Waals surface area (Å²) >= 11 is 0. The van der Waals surface area contributed by atoms with Crippen molar-refractivity contribution in [2.75, 3.05) is 32.8 Å². The molecular formula is C22H31NO4. The fourth-order valence-corrected chi connectivity index (χ4v) is 4.15. The van der Waals surface area contributed by atoms with E-state index in [2.05, 4.69) is 38.7 Å². The summed E-state index contributed by atoms with van der Waals surface area (Å²) in [4.78, 5) is 1.94. The van der Waals surface area contributed by atoms with E-state index >= 15 is 0 Å². The monoisotopic (exact) mass is 373 g/mol. The summed E-state index contributed by atoms with van der Waals surface area (Å²) in [5.41, 5.74) is 0.329. The van der Waals surface area contributed by atoms with Gasteiger partial charge in [-0.25, -0.2) is 0 Å². The maximum atomic E-state index is 9.13. The van der Waals surface area contributed by atoms with Gasteiger partial charge in [-0.1, -0.05) is 30.0 Å². The molecule has 2 aliphatic rings. The lowest BCUT2D eigenvalue weighted by Crippen LogP contribution is -2.50. The van der Waals surface area contributed by atoms with E-state index in [-0.39, 0.29) is 24.9 Å². The first-order chi connectivity index (χ1) is 12.9. The van der Waals surface area contributed by atoms with Crippen LogP contribution < -0.4 is 4.74 Å². The van der Waals surface area contributed by atoms with Crippen LogP contribution in [0, 0.1) is 17.8 Å². The molecule has 148 valence electrons. The zero-order valence-corrected chi connectivity index (χ0v) is 16.6. The van der Waals surface area contributed by atoms with E-state index in [0.717, 1.165) is 24.2 Å². The lowest BCUT2D eigenvalue weighted by Gasteiger charge is -2.50. The number of rotatable bonds is 5. The summed E-state index contributed by atoms with van der Waals surface area (Å²) in [6.07, 6.45) is 1.83. The van der Waals surface area contributed by atoms with Gasteiger partial charge in [-0.15, -0.1) is 0 Å². The number of aliphatic hydroxyl groups is 2. The van der Waals surface area contributed by atoms with Crippen LogP contribution in [0.2, 0.25) is 0 Å². The first-order valence-corrected chi connectivity index (χ1v) is 9.78.